The van der Waals surface area contributed by atoms with Crippen LogP contribution in [-0.4, -0.2) is 17.5 Å². The Bertz CT molecular complexity index is 121. The molecule has 0 aromatic heterocycles. The van der Waals surface area contributed by atoms with Crippen LogP contribution in [0.4, 0.5) is 0 Å². The van der Waals surface area contributed by atoms with Crippen LogP contribution < -0.4 is 5.32 Å². The number of hydrogen-bond donors (Lipinski definition) is 1. The second kappa shape index (κ2) is 5.08. The van der Waals surface area contributed by atoms with Gasteiger partial charge in [0, 0.05) is 10.9 Å². The van der Waals surface area contributed by atoms with E-state index < -0.39 is 0 Å². The lowest BCUT2D eigenvalue weighted by atomic mass is 10.00. The molecule has 0 aliphatic carbocycles. The van der Waals surface area contributed by atoms with Crippen LogP contribution in [0.3, 0.4) is 0 Å². The molecule has 0 aliphatic heterocycles. The van der Waals surface area contributed by atoms with Gasteiger partial charge in [0.05, 0.1) is 0 Å². The summed E-state index contributed by atoms with van der Waals surface area (Å²) in [5, 5.41) is 3.65. The van der Waals surface area contributed by atoms with Crippen molar-refractivity contribution in [1.29, 1.82) is 0 Å². The molecule has 0 aliphatic rings. The molecule has 0 aromatic rings. The molecule has 0 amide bonds. The normalized spacial score (nSPS) is 17.5. The first-order valence-corrected chi connectivity index (χ1v) is 5.23. The standard InChI is InChI=1S/C10H22ClN/c1-6-8(2)7-12-10(4,5)9(3)11/h8-9,12H,6-7H2,1-5H3. The third-order valence-electron chi connectivity index (χ3n) is 2.60. The molecular formula is C10H22ClN. The fourth-order valence-corrected chi connectivity index (χ4v) is 0.799. The van der Waals surface area contributed by atoms with Gasteiger partial charge in [-0.05, 0) is 33.2 Å². The van der Waals surface area contributed by atoms with Crippen LogP contribution in [0.2, 0.25) is 0 Å². The van der Waals surface area contributed by atoms with E-state index in [1.807, 2.05) is 6.92 Å². The molecule has 12 heavy (non-hydrogen) atoms. The zero-order chi connectivity index (χ0) is 9.78. The molecule has 1 nitrogen and oxygen atoms in total. The third-order valence-corrected chi connectivity index (χ3v) is 3.14. The number of rotatable bonds is 5. The van der Waals surface area contributed by atoms with Crippen LogP contribution >= 0.6 is 11.6 Å². The molecule has 0 bridgehead atoms. The lowest BCUT2D eigenvalue weighted by Gasteiger charge is -2.30. The smallest absolute Gasteiger partial charge is 0.0484 e. The second-order valence-corrected chi connectivity index (χ2v) is 4.89. The molecule has 0 radical (unpaired) electrons. The van der Waals surface area contributed by atoms with Gasteiger partial charge >= 0.3 is 0 Å². The summed E-state index contributed by atoms with van der Waals surface area (Å²) in [5.41, 5.74) is 0.0466. The highest BCUT2D eigenvalue weighted by Crippen LogP contribution is 2.15. The molecule has 74 valence electrons. The number of halogens is 1. The average Bonchev–Trinajstić information content (AvgIpc) is 2.00. The minimum atomic E-state index is 0.0466. The Balaban J connectivity index is 3.75. The molecule has 2 heteroatoms. The predicted molar refractivity (Wildman–Crippen MR) is 56.9 cm³/mol. The molecule has 2 atom stereocenters. The lowest BCUT2D eigenvalue weighted by Crippen LogP contribution is -2.47. The van der Waals surface area contributed by atoms with Gasteiger partial charge in [0.15, 0.2) is 0 Å². The number of alkyl halides is 1. The number of nitrogens with one attached hydrogen (secondary N) is 1. The third kappa shape index (κ3) is 4.32. The summed E-state index contributed by atoms with van der Waals surface area (Å²) >= 11 is 6.03. The zero-order valence-electron chi connectivity index (χ0n) is 8.95. The molecular weight excluding hydrogens is 170 g/mol. The fraction of sp³-hybridized carbons (Fsp3) is 1.00. The van der Waals surface area contributed by atoms with Crippen LogP contribution in [0.5, 0.6) is 0 Å². The van der Waals surface area contributed by atoms with E-state index in [4.69, 9.17) is 11.6 Å². The summed E-state index contributed by atoms with van der Waals surface area (Å²) in [4.78, 5) is 0. The van der Waals surface area contributed by atoms with Gasteiger partial charge in [0.25, 0.3) is 0 Å². The van der Waals surface area contributed by atoms with E-state index in [1.165, 1.54) is 6.42 Å². The van der Waals surface area contributed by atoms with E-state index in [-0.39, 0.29) is 10.9 Å². The summed E-state index contributed by atoms with van der Waals surface area (Å²) in [5.74, 6) is 0.736. The maximum Gasteiger partial charge on any atom is 0.0484 e. The van der Waals surface area contributed by atoms with Gasteiger partial charge in [-0.1, -0.05) is 20.3 Å². The predicted octanol–water partition coefficient (Wildman–Crippen LogP) is 3.03. The van der Waals surface area contributed by atoms with Crippen molar-refractivity contribution >= 4 is 11.6 Å². The van der Waals surface area contributed by atoms with Crippen molar-refractivity contribution in [2.75, 3.05) is 6.54 Å². The first-order valence-electron chi connectivity index (χ1n) is 4.79. The number of hydrogen-bond acceptors (Lipinski definition) is 1. The van der Waals surface area contributed by atoms with Gasteiger partial charge in [-0.3, -0.25) is 0 Å². The van der Waals surface area contributed by atoms with Crippen molar-refractivity contribution in [2.45, 2.75) is 52.0 Å². The molecule has 0 aromatic carbocycles. The molecule has 0 saturated carbocycles. The van der Waals surface area contributed by atoms with Crippen LogP contribution in [0, 0.1) is 5.92 Å². The molecule has 1 N–H and O–H groups in total. The lowest BCUT2D eigenvalue weighted by molar-refractivity contribution is 0.347. The monoisotopic (exact) mass is 191 g/mol. The van der Waals surface area contributed by atoms with Crippen molar-refractivity contribution in [3.05, 3.63) is 0 Å². The van der Waals surface area contributed by atoms with Crippen LogP contribution in [0.1, 0.15) is 41.0 Å². The van der Waals surface area contributed by atoms with E-state index in [1.54, 1.807) is 0 Å². The van der Waals surface area contributed by atoms with Crippen molar-refractivity contribution < 1.29 is 0 Å². The highest BCUT2D eigenvalue weighted by atomic mass is 35.5. The first kappa shape index (κ1) is 12.2. The van der Waals surface area contributed by atoms with Gasteiger partial charge in [-0.15, -0.1) is 11.6 Å². The average molecular weight is 192 g/mol. The summed E-state index contributed by atoms with van der Waals surface area (Å²) in [6.07, 6.45) is 1.22. The Labute approximate surface area is 81.9 Å². The Kier molecular flexibility index (Phi) is 5.19. The van der Waals surface area contributed by atoms with Crippen LogP contribution in [0.15, 0.2) is 0 Å². The maximum absolute atomic E-state index is 6.03. The minimum absolute atomic E-state index is 0.0466. The van der Waals surface area contributed by atoms with Crippen LogP contribution in [-0.2, 0) is 0 Å². The van der Waals surface area contributed by atoms with E-state index in [0.717, 1.165) is 12.5 Å². The summed E-state index contributed by atoms with van der Waals surface area (Å²) in [6, 6.07) is 0. The van der Waals surface area contributed by atoms with Crippen molar-refractivity contribution in [1.82, 2.24) is 5.32 Å². The second-order valence-electron chi connectivity index (χ2n) is 4.23. The Hall–Kier alpha value is 0.250. The van der Waals surface area contributed by atoms with Crippen LogP contribution in [0.25, 0.3) is 0 Å². The largest absolute Gasteiger partial charge is 0.310 e. The van der Waals surface area contributed by atoms with Gasteiger partial charge < -0.3 is 5.32 Å². The summed E-state index contributed by atoms with van der Waals surface area (Å²) in [7, 11) is 0. The highest BCUT2D eigenvalue weighted by molar-refractivity contribution is 6.21. The minimum Gasteiger partial charge on any atom is -0.310 e. The zero-order valence-corrected chi connectivity index (χ0v) is 9.70. The summed E-state index contributed by atoms with van der Waals surface area (Å²) < 4.78 is 0. The molecule has 0 fully saturated rings. The SMILES string of the molecule is CCC(C)CNC(C)(C)C(C)Cl. The van der Waals surface area contributed by atoms with E-state index in [9.17, 15) is 0 Å². The van der Waals surface area contributed by atoms with E-state index >= 15 is 0 Å². The quantitative estimate of drug-likeness (QED) is 0.659. The highest BCUT2D eigenvalue weighted by Gasteiger charge is 2.23. The van der Waals surface area contributed by atoms with Gasteiger partial charge in [0.1, 0.15) is 0 Å². The molecule has 0 heterocycles. The Morgan fingerprint density at radius 2 is 1.83 bits per heavy atom. The van der Waals surface area contributed by atoms with Crippen molar-refractivity contribution in [3.8, 4) is 0 Å². The maximum atomic E-state index is 6.03. The molecule has 2 unspecified atom stereocenters. The fourth-order valence-electron chi connectivity index (χ4n) is 0.722. The molecule has 0 spiro atoms. The topological polar surface area (TPSA) is 12.0 Å². The van der Waals surface area contributed by atoms with Gasteiger partial charge in [0.2, 0.25) is 0 Å². The Morgan fingerprint density at radius 3 is 2.17 bits per heavy atom. The van der Waals surface area contributed by atoms with E-state index in [2.05, 4.69) is 33.0 Å². The first-order chi connectivity index (χ1) is 5.40. The summed E-state index contributed by atoms with van der Waals surface area (Å²) in [6.45, 7) is 11.8. The molecule has 0 rings (SSSR count). The van der Waals surface area contributed by atoms with Gasteiger partial charge in [-0.25, -0.2) is 0 Å². The molecule has 0 saturated heterocycles. The Morgan fingerprint density at radius 1 is 1.33 bits per heavy atom. The van der Waals surface area contributed by atoms with Crippen molar-refractivity contribution in [2.24, 2.45) is 5.92 Å². The van der Waals surface area contributed by atoms with Crippen molar-refractivity contribution in [3.63, 3.8) is 0 Å². The van der Waals surface area contributed by atoms with Gasteiger partial charge in [-0.2, -0.15) is 0 Å². The van der Waals surface area contributed by atoms with E-state index in [0.29, 0.717) is 0 Å².